The number of hydrogen-bond acceptors (Lipinski definition) is 4. The van der Waals surface area contributed by atoms with Gasteiger partial charge in [-0.2, -0.15) is 0 Å². The van der Waals surface area contributed by atoms with Gasteiger partial charge in [0, 0.05) is 23.1 Å². The van der Waals surface area contributed by atoms with Crippen LogP contribution in [-0.2, 0) is 12.8 Å². The first-order chi connectivity index (χ1) is 8.61. The summed E-state index contributed by atoms with van der Waals surface area (Å²) in [5.41, 5.74) is 8.77. The predicted molar refractivity (Wildman–Crippen MR) is 74.3 cm³/mol. The highest BCUT2D eigenvalue weighted by Crippen LogP contribution is 2.31. The van der Waals surface area contributed by atoms with E-state index < -0.39 is 0 Å². The maximum Gasteiger partial charge on any atom is 0.125 e. The zero-order chi connectivity index (χ0) is 13.1. The quantitative estimate of drug-likeness (QED) is 0.430. The molecule has 4 N–H and O–H groups in total. The van der Waals surface area contributed by atoms with Gasteiger partial charge in [0.25, 0.3) is 0 Å². The molecule has 1 atom stereocenters. The third-order valence-electron chi connectivity index (χ3n) is 3.15. The molecule has 4 nitrogen and oxygen atoms in total. The second kappa shape index (κ2) is 5.71. The molecule has 2 rings (SSSR count). The molecule has 0 fully saturated rings. The molecule has 0 aromatic carbocycles. The SMILES string of the molecule is CC(CCO)Sc1nc2c(cc1C(=N)N)CCC2. The van der Waals surface area contributed by atoms with Crippen molar-refractivity contribution in [2.24, 2.45) is 5.73 Å². The van der Waals surface area contributed by atoms with Gasteiger partial charge in [-0.3, -0.25) is 5.41 Å². The van der Waals surface area contributed by atoms with Gasteiger partial charge in [-0.15, -0.1) is 11.8 Å². The third kappa shape index (κ3) is 2.84. The van der Waals surface area contributed by atoms with Gasteiger partial charge in [0.15, 0.2) is 0 Å². The summed E-state index contributed by atoms with van der Waals surface area (Å²) in [7, 11) is 0. The van der Waals surface area contributed by atoms with Crippen LogP contribution in [-0.4, -0.2) is 27.8 Å². The van der Waals surface area contributed by atoms with Crippen LogP contribution in [0.1, 0.15) is 36.6 Å². The average molecular weight is 265 g/mol. The topological polar surface area (TPSA) is 83.0 Å². The molecule has 1 heterocycles. The summed E-state index contributed by atoms with van der Waals surface area (Å²) >= 11 is 1.60. The van der Waals surface area contributed by atoms with E-state index in [1.165, 1.54) is 5.56 Å². The normalized spacial score (nSPS) is 15.4. The van der Waals surface area contributed by atoms with Gasteiger partial charge in [0.2, 0.25) is 0 Å². The van der Waals surface area contributed by atoms with Crippen molar-refractivity contribution in [3.8, 4) is 0 Å². The zero-order valence-electron chi connectivity index (χ0n) is 10.6. The number of aryl methyl sites for hydroxylation is 2. The molecule has 1 unspecified atom stereocenters. The van der Waals surface area contributed by atoms with Crippen molar-refractivity contribution >= 4 is 17.6 Å². The Morgan fingerprint density at radius 1 is 1.61 bits per heavy atom. The predicted octanol–water partition coefficient (Wildman–Crippen LogP) is 1.72. The summed E-state index contributed by atoms with van der Waals surface area (Å²) in [6.45, 7) is 2.23. The number of rotatable bonds is 5. The van der Waals surface area contributed by atoms with E-state index in [1.807, 2.05) is 6.07 Å². The molecule has 0 spiro atoms. The number of nitrogens with one attached hydrogen (secondary N) is 1. The van der Waals surface area contributed by atoms with E-state index in [0.29, 0.717) is 0 Å². The van der Waals surface area contributed by atoms with E-state index in [-0.39, 0.29) is 17.7 Å². The molecule has 18 heavy (non-hydrogen) atoms. The van der Waals surface area contributed by atoms with Gasteiger partial charge in [-0.25, -0.2) is 4.98 Å². The lowest BCUT2D eigenvalue weighted by Crippen LogP contribution is -2.15. The van der Waals surface area contributed by atoms with Gasteiger partial charge in [0.1, 0.15) is 10.9 Å². The maximum absolute atomic E-state index is 8.95. The molecule has 1 aliphatic carbocycles. The Kier molecular flexibility index (Phi) is 4.24. The van der Waals surface area contributed by atoms with Crippen LogP contribution in [0, 0.1) is 5.41 Å². The fourth-order valence-corrected chi connectivity index (χ4v) is 3.23. The average Bonchev–Trinajstić information content (AvgIpc) is 2.74. The number of nitrogens with two attached hydrogens (primary N) is 1. The van der Waals surface area contributed by atoms with Crippen LogP contribution in [0.4, 0.5) is 0 Å². The highest BCUT2D eigenvalue weighted by molar-refractivity contribution is 7.99. The number of pyridine rings is 1. The number of aliphatic hydroxyl groups excluding tert-OH is 1. The minimum Gasteiger partial charge on any atom is -0.396 e. The van der Waals surface area contributed by atoms with Gasteiger partial charge < -0.3 is 10.8 Å². The van der Waals surface area contributed by atoms with Crippen LogP contribution in [0.25, 0.3) is 0 Å². The summed E-state index contributed by atoms with van der Waals surface area (Å²) in [5.74, 6) is 0.0795. The molecule has 0 amide bonds. The summed E-state index contributed by atoms with van der Waals surface area (Å²) < 4.78 is 0. The van der Waals surface area contributed by atoms with E-state index in [9.17, 15) is 0 Å². The van der Waals surface area contributed by atoms with Crippen LogP contribution in [0.15, 0.2) is 11.1 Å². The minimum absolute atomic E-state index is 0.0795. The molecule has 0 bridgehead atoms. The summed E-state index contributed by atoms with van der Waals surface area (Å²) in [5, 5.41) is 17.7. The molecule has 0 radical (unpaired) electrons. The molecule has 1 aliphatic rings. The summed E-state index contributed by atoms with van der Waals surface area (Å²) in [6.07, 6.45) is 3.93. The number of hydrogen-bond donors (Lipinski definition) is 3. The van der Waals surface area contributed by atoms with Crippen molar-refractivity contribution in [2.75, 3.05) is 6.61 Å². The Morgan fingerprint density at radius 3 is 3.06 bits per heavy atom. The van der Waals surface area contributed by atoms with Gasteiger partial charge in [0.05, 0.1) is 0 Å². The van der Waals surface area contributed by atoms with Gasteiger partial charge in [-0.1, -0.05) is 6.92 Å². The number of fused-ring (bicyclic) bond motifs is 1. The van der Waals surface area contributed by atoms with E-state index in [2.05, 4.69) is 11.9 Å². The number of aliphatic hydroxyl groups is 1. The van der Waals surface area contributed by atoms with Crippen molar-refractivity contribution in [3.63, 3.8) is 0 Å². The Morgan fingerprint density at radius 2 is 2.39 bits per heavy atom. The lowest BCUT2D eigenvalue weighted by molar-refractivity contribution is 0.289. The highest BCUT2D eigenvalue weighted by Gasteiger charge is 2.19. The van der Waals surface area contributed by atoms with Crippen LogP contribution in [0.3, 0.4) is 0 Å². The van der Waals surface area contributed by atoms with Crippen molar-refractivity contribution in [1.29, 1.82) is 5.41 Å². The smallest absolute Gasteiger partial charge is 0.125 e. The molecule has 1 aromatic heterocycles. The van der Waals surface area contributed by atoms with Crippen molar-refractivity contribution < 1.29 is 5.11 Å². The largest absolute Gasteiger partial charge is 0.396 e. The summed E-state index contributed by atoms with van der Waals surface area (Å²) in [4.78, 5) is 4.66. The molecular formula is C13H19N3OS. The van der Waals surface area contributed by atoms with Gasteiger partial charge in [-0.05, 0) is 37.3 Å². The zero-order valence-corrected chi connectivity index (χ0v) is 11.4. The Hall–Kier alpha value is -1.07. The number of aromatic nitrogens is 1. The first-order valence-corrected chi connectivity index (χ1v) is 7.14. The van der Waals surface area contributed by atoms with Crippen molar-refractivity contribution in [3.05, 3.63) is 22.9 Å². The van der Waals surface area contributed by atoms with Crippen LogP contribution < -0.4 is 5.73 Å². The van der Waals surface area contributed by atoms with E-state index in [1.54, 1.807) is 11.8 Å². The Labute approximate surface area is 112 Å². The molecule has 98 valence electrons. The Balaban J connectivity index is 2.29. The Bertz CT molecular complexity index is 462. The van der Waals surface area contributed by atoms with Gasteiger partial charge >= 0.3 is 0 Å². The van der Waals surface area contributed by atoms with Crippen LogP contribution >= 0.6 is 11.8 Å². The number of thioether (sulfide) groups is 1. The van der Waals surface area contributed by atoms with Crippen LogP contribution in [0.2, 0.25) is 0 Å². The second-order valence-electron chi connectivity index (χ2n) is 4.65. The maximum atomic E-state index is 8.95. The fraction of sp³-hybridized carbons (Fsp3) is 0.538. The summed E-state index contributed by atoms with van der Waals surface area (Å²) in [6, 6.07) is 2.02. The third-order valence-corrected chi connectivity index (χ3v) is 4.33. The lowest BCUT2D eigenvalue weighted by Gasteiger charge is -2.13. The standard InChI is InChI=1S/C13H19N3OS/c1-8(5-6-17)18-13-10(12(14)15)7-9-3-2-4-11(9)16-13/h7-8,17H,2-6H2,1H3,(H3,14,15). The monoisotopic (exact) mass is 265 g/mol. The number of nitrogens with zero attached hydrogens (tertiary/aromatic N) is 1. The van der Waals surface area contributed by atoms with Crippen LogP contribution in [0.5, 0.6) is 0 Å². The number of amidine groups is 1. The van der Waals surface area contributed by atoms with E-state index >= 15 is 0 Å². The number of nitrogen functional groups attached to an aromatic ring is 1. The second-order valence-corrected chi connectivity index (χ2v) is 6.08. The molecule has 0 saturated carbocycles. The van der Waals surface area contributed by atoms with E-state index in [0.717, 1.165) is 42.0 Å². The minimum atomic E-state index is 0.0795. The fourth-order valence-electron chi connectivity index (χ4n) is 2.17. The van der Waals surface area contributed by atoms with Crippen molar-refractivity contribution in [2.45, 2.75) is 42.9 Å². The first kappa shape index (κ1) is 13.4. The molecule has 5 heteroatoms. The molecular weight excluding hydrogens is 246 g/mol. The molecule has 0 aliphatic heterocycles. The first-order valence-electron chi connectivity index (χ1n) is 6.26. The lowest BCUT2D eigenvalue weighted by atomic mass is 10.1. The molecule has 0 saturated heterocycles. The highest BCUT2D eigenvalue weighted by atomic mass is 32.2. The van der Waals surface area contributed by atoms with Crippen molar-refractivity contribution in [1.82, 2.24) is 4.98 Å². The van der Waals surface area contributed by atoms with E-state index in [4.69, 9.17) is 16.2 Å². The molecule has 1 aromatic rings.